The second-order valence-corrected chi connectivity index (χ2v) is 14.5. The first-order valence-electron chi connectivity index (χ1n) is 11.2. The van der Waals surface area contributed by atoms with Crippen molar-refractivity contribution in [3.63, 3.8) is 0 Å². The van der Waals surface area contributed by atoms with Gasteiger partial charge in [-0.3, -0.25) is 0 Å². The summed E-state index contributed by atoms with van der Waals surface area (Å²) in [6, 6.07) is 21.3. The highest BCUT2D eigenvalue weighted by Gasteiger charge is 2.33. The van der Waals surface area contributed by atoms with Crippen LogP contribution < -0.4 is 0 Å². The lowest BCUT2D eigenvalue weighted by atomic mass is 10.0. The molecule has 2 aromatic rings. The number of allylic oxidation sites excluding steroid dienone is 2. The van der Waals surface area contributed by atoms with E-state index in [1.54, 1.807) is 0 Å². The highest BCUT2D eigenvalue weighted by atomic mass is 28.3. The van der Waals surface area contributed by atoms with Gasteiger partial charge in [-0.15, -0.1) is 5.54 Å². The minimum atomic E-state index is -1.68. The van der Waals surface area contributed by atoms with E-state index < -0.39 is 8.07 Å². The normalized spacial score (nSPS) is 12.6. The number of aryl methyl sites for hydroxylation is 1. The highest BCUT2D eigenvalue weighted by molar-refractivity contribution is 6.87. The molecule has 0 saturated carbocycles. The number of ether oxygens (including phenoxy) is 1. The van der Waals surface area contributed by atoms with Crippen LogP contribution in [0.25, 0.3) is 0 Å². The molecule has 160 valence electrons. The van der Waals surface area contributed by atoms with E-state index in [1.807, 2.05) is 0 Å². The maximum absolute atomic E-state index is 6.15. The van der Waals surface area contributed by atoms with E-state index in [2.05, 4.69) is 113 Å². The van der Waals surface area contributed by atoms with Gasteiger partial charge in [0, 0.05) is 12.0 Å². The van der Waals surface area contributed by atoms with Gasteiger partial charge in [0.25, 0.3) is 0 Å². The second-order valence-electron chi connectivity index (χ2n) is 9.46. The molecule has 0 aliphatic carbocycles. The summed E-state index contributed by atoms with van der Waals surface area (Å²) >= 11 is 0. The molecule has 0 fully saturated rings. The van der Waals surface area contributed by atoms with Crippen molar-refractivity contribution in [2.75, 3.05) is 6.61 Å². The molecule has 0 N–H and O–H groups in total. The number of hydrogen-bond acceptors (Lipinski definition) is 1. The van der Waals surface area contributed by atoms with Gasteiger partial charge in [-0.25, -0.2) is 0 Å². The van der Waals surface area contributed by atoms with Crippen LogP contribution in [-0.2, 0) is 17.6 Å². The van der Waals surface area contributed by atoms with E-state index in [0.29, 0.717) is 6.61 Å². The Kier molecular flexibility index (Phi) is 9.00. The maximum Gasteiger partial charge on any atom is 0.138 e. The Morgan fingerprint density at radius 2 is 1.47 bits per heavy atom. The van der Waals surface area contributed by atoms with E-state index in [0.717, 1.165) is 31.4 Å². The molecule has 0 radical (unpaired) electrons. The Morgan fingerprint density at radius 3 is 2.00 bits per heavy atom. The minimum absolute atomic E-state index is 0.250. The van der Waals surface area contributed by atoms with Crippen molar-refractivity contribution in [3.05, 3.63) is 83.1 Å². The molecule has 0 aromatic heterocycles. The molecule has 0 aliphatic heterocycles. The topological polar surface area (TPSA) is 9.23 Å². The molecule has 2 rings (SSSR count). The molecule has 0 spiro atoms. The van der Waals surface area contributed by atoms with Crippen molar-refractivity contribution >= 4 is 8.07 Å². The zero-order chi connectivity index (χ0) is 22.0. The first kappa shape index (κ1) is 24.0. The number of rotatable bonds is 8. The Morgan fingerprint density at radius 1 is 0.900 bits per heavy atom. The molecule has 0 aliphatic rings. The van der Waals surface area contributed by atoms with Gasteiger partial charge in [0.15, 0.2) is 0 Å². The summed E-state index contributed by atoms with van der Waals surface area (Å²) < 4.78 is 6.15. The van der Waals surface area contributed by atoms with Gasteiger partial charge in [0.1, 0.15) is 13.8 Å². The van der Waals surface area contributed by atoms with Crippen molar-refractivity contribution in [3.8, 4) is 11.5 Å². The average molecular weight is 419 g/mol. The summed E-state index contributed by atoms with van der Waals surface area (Å²) in [4.78, 5) is 0. The fourth-order valence-electron chi connectivity index (χ4n) is 3.01. The zero-order valence-corrected chi connectivity index (χ0v) is 20.7. The van der Waals surface area contributed by atoms with Crippen LogP contribution in [0.2, 0.25) is 18.1 Å². The lowest BCUT2D eigenvalue weighted by Crippen LogP contribution is -2.35. The van der Waals surface area contributed by atoms with Gasteiger partial charge in [-0.2, -0.15) is 0 Å². The van der Waals surface area contributed by atoms with Crippen molar-refractivity contribution in [2.24, 2.45) is 0 Å². The lowest BCUT2D eigenvalue weighted by molar-refractivity contribution is 0.219. The van der Waals surface area contributed by atoms with Gasteiger partial charge < -0.3 is 4.74 Å². The molecule has 0 atom stereocenters. The van der Waals surface area contributed by atoms with Crippen LogP contribution in [-0.4, -0.2) is 14.7 Å². The Hall–Kier alpha value is -2.24. The summed E-state index contributed by atoms with van der Waals surface area (Å²) in [5.41, 5.74) is 7.56. The minimum Gasteiger partial charge on any atom is -0.497 e. The van der Waals surface area contributed by atoms with Gasteiger partial charge in [-0.1, -0.05) is 100 Å². The monoisotopic (exact) mass is 418 g/mol. The Labute approximate surface area is 185 Å². The van der Waals surface area contributed by atoms with E-state index >= 15 is 0 Å². The zero-order valence-electron chi connectivity index (χ0n) is 19.7. The second kappa shape index (κ2) is 11.2. The maximum atomic E-state index is 6.15. The summed E-state index contributed by atoms with van der Waals surface area (Å²) in [5.74, 6) is 4.67. The molecule has 2 aromatic carbocycles. The third kappa shape index (κ3) is 7.54. The summed E-state index contributed by atoms with van der Waals surface area (Å²) in [6.45, 7) is 14.4. The van der Waals surface area contributed by atoms with Crippen LogP contribution in [0.3, 0.4) is 0 Å². The molecule has 0 bridgehead atoms. The molecule has 0 amide bonds. The third-order valence-corrected chi connectivity index (χ3v) is 10.5. The Balaban J connectivity index is 2.32. The first-order valence-corrected chi connectivity index (χ1v) is 14.2. The third-order valence-electron chi connectivity index (χ3n) is 6.00. The molecule has 1 nitrogen and oxygen atoms in total. The molecular formula is C28H38OSi. The van der Waals surface area contributed by atoms with Crippen molar-refractivity contribution < 1.29 is 4.74 Å². The van der Waals surface area contributed by atoms with E-state index in [1.165, 1.54) is 16.7 Å². The van der Waals surface area contributed by atoms with E-state index in [9.17, 15) is 0 Å². The first-order chi connectivity index (χ1) is 14.2. The van der Waals surface area contributed by atoms with Crippen LogP contribution in [0.15, 0.2) is 72.0 Å². The highest BCUT2D eigenvalue weighted by Crippen LogP contribution is 2.35. The summed E-state index contributed by atoms with van der Waals surface area (Å²) in [7, 11) is -1.68. The van der Waals surface area contributed by atoms with Gasteiger partial charge in [0.05, 0.1) is 6.61 Å². The SMILES string of the molecule is CCO/C(Cc1ccccc1)=C(/C#C[Si](C)(C)C(C)(C)C)CCCc1ccccc1. The van der Waals surface area contributed by atoms with Crippen molar-refractivity contribution in [2.45, 2.75) is 71.5 Å². The van der Waals surface area contributed by atoms with Crippen LogP contribution in [0.5, 0.6) is 0 Å². The Bertz CT molecular complexity index is 862. The average Bonchev–Trinajstić information content (AvgIpc) is 2.71. The molecule has 30 heavy (non-hydrogen) atoms. The molecule has 0 saturated heterocycles. The quantitative estimate of drug-likeness (QED) is 0.244. The fourth-order valence-corrected chi connectivity index (χ4v) is 3.84. The summed E-state index contributed by atoms with van der Waals surface area (Å²) in [6.07, 6.45) is 3.91. The van der Waals surface area contributed by atoms with Crippen LogP contribution in [0.4, 0.5) is 0 Å². The summed E-state index contributed by atoms with van der Waals surface area (Å²) in [5, 5.41) is 0.250. The standard InChI is InChI=1S/C28H38OSi/c1-7-29-27(23-25-17-12-9-13-18-25)26(21-22-30(5,6)28(2,3)4)20-14-19-24-15-10-8-11-16-24/h8-13,15-18H,7,14,19-20,23H2,1-6H3/b27-26+. The fraction of sp³-hybridized carbons (Fsp3) is 0.429. The van der Waals surface area contributed by atoms with E-state index in [4.69, 9.17) is 4.74 Å². The predicted octanol–water partition coefficient (Wildman–Crippen LogP) is 7.59. The molecular weight excluding hydrogens is 380 g/mol. The molecule has 2 heteroatoms. The number of hydrogen-bond donors (Lipinski definition) is 0. The van der Waals surface area contributed by atoms with Crippen molar-refractivity contribution in [1.82, 2.24) is 0 Å². The van der Waals surface area contributed by atoms with Crippen molar-refractivity contribution in [1.29, 1.82) is 0 Å². The van der Waals surface area contributed by atoms with Gasteiger partial charge in [0.2, 0.25) is 0 Å². The molecule has 0 heterocycles. The van der Waals surface area contributed by atoms with Gasteiger partial charge >= 0.3 is 0 Å². The van der Waals surface area contributed by atoms with Gasteiger partial charge in [-0.05, 0) is 42.4 Å². The number of benzene rings is 2. The predicted molar refractivity (Wildman–Crippen MR) is 133 cm³/mol. The van der Waals surface area contributed by atoms with Crippen LogP contribution >= 0.6 is 0 Å². The smallest absolute Gasteiger partial charge is 0.138 e. The largest absolute Gasteiger partial charge is 0.497 e. The van der Waals surface area contributed by atoms with Crippen LogP contribution in [0, 0.1) is 11.5 Å². The molecule has 0 unspecified atom stereocenters. The van der Waals surface area contributed by atoms with Crippen LogP contribution in [0.1, 0.15) is 51.7 Å². The van der Waals surface area contributed by atoms with E-state index in [-0.39, 0.29) is 5.04 Å². The lowest BCUT2D eigenvalue weighted by Gasteiger charge is -2.31.